The molecule has 2 heteroatoms. The molecule has 0 aromatic carbocycles. The van der Waals surface area contributed by atoms with Crippen LogP contribution in [0.1, 0.15) is 84.5 Å². The second-order valence-corrected chi connectivity index (χ2v) is 5.08. The minimum Gasteiger partial charge on any atom is -0.550 e. The first kappa shape index (κ1) is 16.5. The summed E-state index contributed by atoms with van der Waals surface area (Å²) in [6.07, 6.45) is 15.0. The molecule has 0 aromatic heterocycles. The molecule has 2 nitrogen and oxygen atoms in total. The first-order valence-electron chi connectivity index (χ1n) is 7.40. The largest absolute Gasteiger partial charge is 0.550 e. The summed E-state index contributed by atoms with van der Waals surface area (Å²) in [5, 5.41) is 9.26. The Bertz CT molecular complexity index is 172. The zero-order chi connectivity index (χ0) is 12.9. The van der Waals surface area contributed by atoms with Crippen LogP contribution in [0.5, 0.6) is 0 Å². The normalized spacial score (nSPS) is 16.1. The monoisotopic (exact) mass is 241 g/mol. The van der Waals surface area contributed by atoms with Gasteiger partial charge in [-0.25, -0.2) is 0 Å². The predicted octanol–water partition coefficient (Wildman–Crippen LogP) is 3.68. The maximum Gasteiger partial charge on any atom is 0.0411 e. The molecule has 17 heavy (non-hydrogen) atoms. The maximum atomic E-state index is 9.26. The van der Waals surface area contributed by atoms with Gasteiger partial charge in [0.05, 0.1) is 0 Å². The smallest absolute Gasteiger partial charge is 0.0411 e. The van der Waals surface area contributed by atoms with Gasteiger partial charge < -0.3 is 9.90 Å². The van der Waals surface area contributed by atoms with Gasteiger partial charge in [0.2, 0.25) is 0 Å². The number of aliphatic carboxylic acids is 1. The van der Waals surface area contributed by atoms with Crippen LogP contribution in [-0.2, 0) is 4.79 Å². The van der Waals surface area contributed by atoms with Crippen molar-refractivity contribution in [2.75, 3.05) is 0 Å². The molecule has 0 atom stereocenters. The number of carbonyl (C=O) groups excluding carboxylic acids is 1. The third kappa shape index (κ3) is 11.7. The molecule has 0 N–H and O–H groups in total. The minimum absolute atomic E-state index is 0.111. The van der Waals surface area contributed by atoms with E-state index in [1.54, 1.807) is 0 Å². The first-order chi connectivity index (χ1) is 8.20. The first-order valence-corrected chi connectivity index (χ1v) is 7.40. The Hall–Kier alpha value is -0.530. The van der Waals surface area contributed by atoms with Crippen molar-refractivity contribution in [3.8, 4) is 0 Å². The lowest BCUT2D eigenvalue weighted by molar-refractivity contribution is -0.305. The standard InChI is InChI=1S/C12H24.C3H6O2/c1-2-3-4-6-9-12-10-7-5-8-11-12;1-2-3(4)5/h12H,2-11H2,1H3;2H2,1H3,(H,4,5)/p-1. The summed E-state index contributed by atoms with van der Waals surface area (Å²) in [5.74, 6) is 0.112. The summed E-state index contributed by atoms with van der Waals surface area (Å²) in [5.41, 5.74) is 0. The van der Waals surface area contributed by atoms with Crippen molar-refractivity contribution < 1.29 is 9.90 Å². The average molecular weight is 241 g/mol. The molecule has 1 aliphatic rings. The second kappa shape index (κ2) is 11.9. The quantitative estimate of drug-likeness (QED) is 0.665. The van der Waals surface area contributed by atoms with Crippen LogP contribution in [0.15, 0.2) is 0 Å². The number of rotatable bonds is 6. The molecule has 0 amide bonds. The number of carboxylic acids is 1. The van der Waals surface area contributed by atoms with Crippen molar-refractivity contribution >= 4 is 5.97 Å². The van der Waals surface area contributed by atoms with Crippen LogP contribution in [0.2, 0.25) is 0 Å². The molecule has 1 rings (SSSR count). The molecule has 1 aliphatic carbocycles. The third-order valence-electron chi connectivity index (χ3n) is 3.48. The molecule has 0 aromatic rings. The highest BCUT2D eigenvalue weighted by molar-refractivity contribution is 5.63. The highest BCUT2D eigenvalue weighted by Gasteiger charge is 2.11. The summed E-state index contributed by atoms with van der Waals surface area (Å²) in [6.45, 7) is 3.83. The van der Waals surface area contributed by atoms with E-state index in [2.05, 4.69) is 6.92 Å². The van der Waals surface area contributed by atoms with E-state index >= 15 is 0 Å². The Labute approximate surface area is 107 Å². The van der Waals surface area contributed by atoms with Crippen LogP contribution in [0.25, 0.3) is 0 Å². The SMILES string of the molecule is CCC(=O)[O-].CCCCCCC1CCCCC1. The van der Waals surface area contributed by atoms with Gasteiger partial charge in [-0.2, -0.15) is 0 Å². The van der Waals surface area contributed by atoms with Gasteiger partial charge in [0, 0.05) is 5.97 Å². The van der Waals surface area contributed by atoms with Crippen LogP contribution in [0, 0.1) is 5.92 Å². The Balaban J connectivity index is 0.000000437. The molecule has 0 bridgehead atoms. The Morgan fingerprint density at radius 2 is 1.65 bits per heavy atom. The second-order valence-electron chi connectivity index (χ2n) is 5.08. The number of carbonyl (C=O) groups is 1. The summed E-state index contributed by atoms with van der Waals surface area (Å²) in [6, 6.07) is 0. The van der Waals surface area contributed by atoms with E-state index in [-0.39, 0.29) is 6.42 Å². The van der Waals surface area contributed by atoms with Crippen LogP contribution in [0.3, 0.4) is 0 Å². The van der Waals surface area contributed by atoms with Crippen molar-refractivity contribution in [1.82, 2.24) is 0 Å². The summed E-state index contributed by atoms with van der Waals surface area (Å²) in [7, 11) is 0. The lowest BCUT2D eigenvalue weighted by Gasteiger charge is -2.21. The Morgan fingerprint density at radius 3 is 2.12 bits per heavy atom. The van der Waals surface area contributed by atoms with Crippen LogP contribution < -0.4 is 5.11 Å². The van der Waals surface area contributed by atoms with E-state index in [1.165, 1.54) is 71.1 Å². The van der Waals surface area contributed by atoms with Crippen LogP contribution in [0.4, 0.5) is 0 Å². The molecular weight excluding hydrogens is 212 g/mol. The minimum atomic E-state index is -0.995. The lowest BCUT2D eigenvalue weighted by Crippen LogP contribution is -2.19. The lowest BCUT2D eigenvalue weighted by atomic mass is 9.85. The predicted molar refractivity (Wildman–Crippen MR) is 70.6 cm³/mol. The zero-order valence-electron chi connectivity index (χ0n) is 11.7. The fourth-order valence-corrected chi connectivity index (χ4v) is 2.34. The van der Waals surface area contributed by atoms with Gasteiger partial charge in [0.25, 0.3) is 0 Å². The molecule has 1 fully saturated rings. The molecule has 0 aliphatic heterocycles. The molecule has 1 saturated carbocycles. The molecule has 0 radical (unpaired) electrons. The third-order valence-corrected chi connectivity index (χ3v) is 3.48. The van der Waals surface area contributed by atoms with Crippen molar-refractivity contribution in [3.05, 3.63) is 0 Å². The summed E-state index contributed by atoms with van der Waals surface area (Å²) < 4.78 is 0. The van der Waals surface area contributed by atoms with Gasteiger partial charge in [0.1, 0.15) is 0 Å². The van der Waals surface area contributed by atoms with Crippen LogP contribution in [-0.4, -0.2) is 5.97 Å². The average Bonchev–Trinajstić information content (AvgIpc) is 2.37. The fourth-order valence-electron chi connectivity index (χ4n) is 2.34. The van der Waals surface area contributed by atoms with Gasteiger partial charge in [-0.15, -0.1) is 0 Å². The van der Waals surface area contributed by atoms with E-state index in [1.807, 2.05) is 0 Å². The van der Waals surface area contributed by atoms with E-state index < -0.39 is 5.97 Å². The number of unbranched alkanes of at least 4 members (excludes halogenated alkanes) is 3. The number of carboxylic acid groups (broad SMARTS) is 1. The van der Waals surface area contributed by atoms with Crippen molar-refractivity contribution in [2.45, 2.75) is 84.5 Å². The van der Waals surface area contributed by atoms with E-state index in [4.69, 9.17) is 0 Å². The Kier molecular flexibility index (Phi) is 11.6. The fraction of sp³-hybridized carbons (Fsp3) is 0.933. The van der Waals surface area contributed by atoms with Crippen molar-refractivity contribution in [2.24, 2.45) is 5.92 Å². The number of hydrogen-bond donors (Lipinski definition) is 0. The summed E-state index contributed by atoms with van der Waals surface area (Å²) >= 11 is 0. The van der Waals surface area contributed by atoms with Gasteiger partial charge in [-0.3, -0.25) is 0 Å². The van der Waals surface area contributed by atoms with E-state index in [0.717, 1.165) is 5.92 Å². The van der Waals surface area contributed by atoms with Crippen molar-refractivity contribution in [3.63, 3.8) is 0 Å². The number of hydrogen-bond acceptors (Lipinski definition) is 2. The van der Waals surface area contributed by atoms with Gasteiger partial charge in [-0.1, -0.05) is 78.1 Å². The topological polar surface area (TPSA) is 40.1 Å². The maximum absolute atomic E-state index is 9.26. The summed E-state index contributed by atoms with van der Waals surface area (Å²) in [4.78, 5) is 9.26. The molecular formula is C15H29O2-. The molecule has 0 unspecified atom stereocenters. The highest BCUT2D eigenvalue weighted by Crippen LogP contribution is 2.27. The highest BCUT2D eigenvalue weighted by atomic mass is 16.4. The molecule has 102 valence electrons. The van der Waals surface area contributed by atoms with Gasteiger partial charge in [0.15, 0.2) is 0 Å². The van der Waals surface area contributed by atoms with Crippen molar-refractivity contribution in [1.29, 1.82) is 0 Å². The van der Waals surface area contributed by atoms with Gasteiger partial charge >= 0.3 is 0 Å². The van der Waals surface area contributed by atoms with Gasteiger partial charge in [-0.05, 0) is 12.3 Å². The molecule has 0 saturated heterocycles. The molecule has 0 heterocycles. The van der Waals surface area contributed by atoms with E-state index in [9.17, 15) is 9.90 Å². The molecule has 0 spiro atoms. The van der Waals surface area contributed by atoms with Crippen LogP contribution >= 0.6 is 0 Å². The zero-order valence-corrected chi connectivity index (χ0v) is 11.7. The van der Waals surface area contributed by atoms with E-state index in [0.29, 0.717) is 0 Å². The Morgan fingerprint density at radius 1 is 1.06 bits per heavy atom.